The molecule has 0 unspecified atom stereocenters. The van der Waals surface area contributed by atoms with Crippen LogP contribution in [0.15, 0.2) is 0 Å². The summed E-state index contributed by atoms with van der Waals surface area (Å²) in [5, 5.41) is 0. The van der Waals surface area contributed by atoms with E-state index < -0.39 is 11.2 Å². The molecule has 4 aliphatic carbocycles. The van der Waals surface area contributed by atoms with Gasteiger partial charge >= 0.3 is 5.97 Å². The maximum atomic E-state index is 14.0. The lowest BCUT2D eigenvalue weighted by Gasteiger charge is -2.67. The topological polar surface area (TPSA) is 71.1 Å². The predicted octanol–water partition coefficient (Wildman–Crippen LogP) is 3.51. The van der Waals surface area contributed by atoms with E-state index in [1.54, 1.807) is 0 Å². The van der Waals surface area contributed by atoms with Gasteiger partial charge in [0.2, 0.25) is 0 Å². The minimum Gasteiger partial charge on any atom is -0.465 e. The van der Waals surface area contributed by atoms with Crippen molar-refractivity contribution in [2.24, 2.45) is 39.9 Å². The molecule has 0 aromatic carbocycles. The third-order valence-electron chi connectivity index (χ3n) is 10.3. The highest BCUT2D eigenvalue weighted by Crippen LogP contribution is 2.76. The van der Waals surface area contributed by atoms with Crippen LogP contribution in [0.25, 0.3) is 0 Å². The van der Waals surface area contributed by atoms with E-state index in [9.17, 15) is 9.59 Å². The first-order valence-corrected chi connectivity index (χ1v) is 12.2. The lowest BCUT2D eigenvalue weighted by molar-refractivity contribution is -0.380. The minimum absolute atomic E-state index is 0.0104. The first-order valence-electron chi connectivity index (χ1n) is 12.2. The standard InChI is InChI=1S/C25H36O6/c1-13-15-9-16-19-24(12-29-16)8-6-7-23(5,11-28-14(2)26)17(24)10-18-25(19,20(13)27)21(15)31-22(3,4)30-18/h13,15-19,21H,6-12H2,1-5H3/t13-,15+,16-,17-,18-,19+,21-,23+,24+,25-/m1/s1. The molecule has 0 aromatic rings. The van der Waals surface area contributed by atoms with Crippen LogP contribution in [0.5, 0.6) is 0 Å². The Bertz CT molecular complexity index is 838. The summed E-state index contributed by atoms with van der Waals surface area (Å²) < 4.78 is 25.4. The zero-order chi connectivity index (χ0) is 22.0. The van der Waals surface area contributed by atoms with Crippen molar-refractivity contribution in [1.82, 2.24) is 0 Å². The van der Waals surface area contributed by atoms with Gasteiger partial charge in [0, 0.05) is 29.6 Å². The van der Waals surface area contributed by atoms with Crippen LogP contribution in [-0.2, 0) is 28.5 Å². The van der Waals surface area contributed by atoms with Gasteiger partial charge in [0.1, 0.15) is 5.78 Å². The fourth-order valence-corrected chi connectivity index (χ4v) is 9.40. The van der Waals surface area contributed by atoms with E-state index in [1.165, 1.54) is 6.92 Å². The Labute approximate surface area is 184 Å². The van der Waals surface area contributed by atoms with Crippen LogP contribution in [0.2, 0.25) is 0 Å². The smallest absolute Gasteiger partial charge is 0.302 e. The Morgan fingerprint density at radius 1 is 1.16 bits per heavy atom. The number of hydrogen-bond acceptors (Lipinski definition) is 6. The highest BCUT2D eigenvalue weighted by atomic mass is 16.7. The summed E-state index contributed by atoms with van der Waals surface area (Å²) in [4.78, 5) is 25.7. The van der Waals surface area contributed by atoms with Gasteiger partial charge in [-0.05, 0) is 51.4 Å². The van der Waals surface area contributed by atoms with Crippen LogP contribution >= 0.6 is 0 Å². The molecule has 0 N–H and O–H groups in total. The number of Topliss-reactive ketones (excluding diaryl/α,β-unsaturated/α-hetero) is 1. The Balaban J connectivity index is 1.50. The van der Waals surface area contributed by atoms with E-state index in [-0.39, 0.29) is 52.9 Å². The Morgan fingerprint density at radius 3 is 2.68 bits per heavy atom. The van der Waals surface area contributed by atoms with E-state index in [4.69, 9.17) is 18.9 Å². The lowest BCUT2D eigenvalue weighted by atomic mass is 9.39. The Hall–Kier alpha value is -0.980. The second-order valence-corrected chi connectivity index (χ2v) is 12.2. The number of hydrogen-bond donors (Lipinski definition) is 0. The average molecular weight is 433 g/mol. The molecular weight excluding hydrogens is 396 g/mol. The van der Waals surface area contributed by atoms with Gasteiger partial charge in [-0.2, -0.15) is 0 Å². The molecule has 10 atom stereocenters. The molecule has 0 aromatic heterocycles. The van der Waals surface area contributed by atoms with Crippen LogP contribution in [-0.4, -0.2) is 49.1 Å². The molecule has 6 aliphatic rings. The highest BCUT2D eigenvalue weighted by Gasteiger charge is 2.82. The van der Waals surface area contributed by atoms with Gasteiger partial charge in [-0.1, -0.05) is 20.3 Å². The third-order valence-corrected chi connectivity index (χ3v) is 10.3. The van der Waals surface area contributed by atoms with Crippen LogP contribution in [0.1, 0.15) is 66.7 Å². The van der Waals surface area contributed by atoms with Gasteiger partial charge in [0.25, 0.3) is 0 Å². The average Bonchev–Trinajstić information content (AvgIpc) is 3.12. The predicted molar refractivity (Wildman–Crippen MR) is 111 cm³/mol. The number of carbonyl (C=O) groups excluding carboxylic acids is 2. The summed E-state index contributed by atoms with van der Waals surface area (Å²) in [5.74, 6) is 0.0628. The van der Waals surface area contributed by atoms with Crippen LogP contribution in [0, 0.1) is 39.9 Å². The molecule has 2 saturated heterocycles. The van der Waals surface area contributed by atoms with Crippen molar-refractivity contribution in [3.63, 3.8) is 0 Å². The van der Waals surface area contributed by atoms with E-state index >= 15 is 0 Å². The molecule has 2 spiro atoms. The second kappa shape index (κ2) is 6.12. The number of ketones is 1. The normalized spacial score (nSPS) is 56.0. The van der Waals surface area contributed by atoms with Crippen LogP contribution in [0.4, 0.5) is 0 Å². The minimum atomic E-state index is -0.700. The first kappa shape index (κ1) is 20.6. The molecule has 4 saturated carbocycles. The number of ether oxygens (including phenoxy) is 4. The number of esters is 1. The molecular formula is C25H36O6. The molecule has 2 aliphatic heterocycles. The van der Waals surface area contributed by atoms with Crippen molar-refractivity contribution in [3.05, 3.63) is 0 Å². The van der Waals surface area contributed by atoms with Crippen molar-refractivity contribution in [1.29, 1.82) is 0 Å². The zero-order valence-corrected chi connectivity index (χ0v) is 19.4. The van der Waals surface area contributed by atoms with E-state index in [0.29, 0.717) is 24.9 Å². The Morgan fingerprint density at radius 2 is 1.94 bits per heavy atom. The third kappa shape index (κ3) is 2.35. The fraction of sp³-hybridized carbons (Fsp3) is 0.920. The molecule has 6 nitrogen and oxygen atoms in total. The molecule has 2 heterocycles. The lowest BCUT2D eigenvalue weighted by Crippen LogP contribution is -2.73. The van der Waals surface area contributed by atoms with Crippen molar-refractivity contribution in [2.45, 2.75) is 90.8 Å². The molecule has 31 heavy (non-hydrogen) atoms. The molecule has 0 radical (unpaired) electrons. The first-order chi connectivity index (χ1) is 14.6. The maximum absolute atomic E-state index is 14.0. The van der Waals surface area contributed by atoms with Crippen molar-refractivity contribution in [2.75, 3.05) is 13.2 Å². The number of carbonyl (C=O) groups is 2. The van der Waals surface area contributed by atoms with E-state index in [0.717, 1.165) is 32.1 Å². The summed E-state index contributed by atoms with van der Waals surface area (Å²) in [7, 11) is 0. The summed E-state index contributed by atoms with van der Waals surface area (Å²) in [5.41, 5.74) is -0.782. The molecule has 6 rings (SSSR count). The van der Waals surface area contributed by atoms with Gasteiger partial charge in [0.15, 0.2) is 5.79 Å². The van der Waals surface area contributed by atoms with E-state index in [1.807, 2.05) is 13.8 Å². The fourth-order valence-electron chi connectivity index (χ4n) is 9.40. The van der Waals surface area contributed by atoms with Crippen LogP contribution < -0.4 is 0 Å². The quantitative estimate of drug-likeness (QED) is 0.622. The second-order valence-electron chi connectivity index (χ2n) is 12.2. The largest absolute Gasteiger partial charge is 0.465 e. The van der Waals surface area contributed by atoms with Gasteiger partial charge in [-0.25, -0.2) is 0 Å². The highest BCUT2D eigenvalue weighted by molar-refractivity contribution is 5.92. The summed E-state index contributed by atoms with van der Waals surface area (Å²) in [6, 6.07) is 0. The Kier molecular flexibility index (Phi) is 4.07. The van der Waals surface area contributed by atoms with E-state index in [2.05, 4.69) is 13.8 Å². The summed E-state index contributed by atoms with van der Waals surface area (Å²) in [6.45, 7) is 11.0. The SMILES string of the molecule is CC(=O)OC[C@]1(C)CCC[C@]23CO[C@@H]4C[C@@H]5[C@H]6OC(C)(C)O[C@H](C[C@H]12)[C@]6(C(=O)[C@@H]5C)[C@@H]43. The zero-order valence-electron chi connectivity index (χ0n) is 19.4. The monoisotopic (exact) mass is 432 g/mol. The molecule has 6 heteroatoms. The van der Waals surface area contributed by atoms with Crippen molar-refractivity contribution in [3.8, 4) is 0 Å². The molecule has 2 bridgehead atoms. The van der Waals surface area contributed by atoms with Gasteiger partial charge in [-0.15, -0.1) is 0 Å². The van der Waals surface area contributed by atoms with Crippen molar-refractivity contribution >= 4 is 11.8 Å². The van der Waals surface area contributed by atoms with Gasteiger partial charge in [0.05, 0.1) is 36.9 Å². The maximum Gasteiger partial charge on any atom is 0.302 e. The van der Waals surface area contributed by atoms with Gasteiger partial charge in [-0.3, -0.25) is 9.59 Å². The summed E-state index contributed by atoms with van der Waals surface area (Å²) >= 11 is 0. The van der Waals surface area contributed by atoms with Crippen molar-refractivity contribution < 1.29 is 28.5 Å². The van der Waals surface area contributed by atoms with Gasteiger partial charge < -0.3 is 18.9 Å². The molecule has 0 amide bonds. The molecule has 6 fully saturated rings. The molecule has 172 valence electrons. The van der Waals surface area contributed by atoms with Crippen LogP contribution in [0.3, 0.4) is 0 Å². The summed E-state index contributed by atoms with van der Waals surface area (Å²) in [6.07, 6.45) is 4.76. The number of rotatable bonds is 2.